The van der Waals surface area contributed by atoms with E-state index in [0.29, 0.717) is 5.92 Å². The molecule has 2 aromatic heterocycles. The van der Waals surface area contributed by atoms with Crippen LogP contribution in [0.5, 0.6) is 0 Å². The molecule has 1 spiro atoms. The van der Waals surface area contributed by atoms with E-state index in [9.17, 15) is 5.11 Å². The second-order valence-electron chi connectivity index (χ2n) is 13.1. The molecular formula is C36H46N4O. The van der Waals surface area contributed by atoms with Crippen molar-refractivity contribution in [2.75, 3.05) is 26.2 Å². The highest BCUT2D eigenvalue weighted by Crippen LogP contribution is 2.56. The number of fused-ring (bicyclic) bond motifs is 4. The molecular weight excluding hydrogens is 504 g/mol. The third-order valence-electron chi connectivity index (χ3n) is 10.6. The Morgan fingerprint density at radius 2 is 1.66 bits per heavy atom. The minimum atomic E-state index is -0.944. The van der Waals surface area contributed by atoms with Crippen LogP contribution in [0, 0.1) is 11.3 Å². The molecule has 5 heteroatoms. The van der Waals surface area contributed by atoms with E-state index in [4.69, 9.17) is 4.98 Å². The highest BCUT2D eigenvalue weighted by atomic mass is 16.3. The van der Waals surface area contributed by atoms with Crippen LogP contribution in [0.1, 0.15) is 76.3 Å². The molecule has 3 N–H and O–H groups in total. The Morgan fingerprint density at radius 1 is 0.854 bits per heavy atom. The number of nitrogens with one attached hydrogen (secondary N) is 2. The molecule has 1 aromatic carbocycles. The van der Waals surface area contributed by atoms with Crippen molar-refractivity contribution in [3.8, 4) is 0 Å². The van der Waals surface area contributed by atoms with Gasteiger partial charge in [-0.05, 0) is 120 Å². The molecule has 3 bridgehead atoms. The van der Waals surface area contributed by atoms with Crippen LogP contribution in [0.25, 0.3) is 27.4 Å². The number of nitrogens with zero attached hydrogens (tertiary/aromatic N) is 2. The lowest BCUT2D eigenvalue weighted by atomic mass is 9.53. The quantitative estimate of drug-likeness (QED) is 0.282. The topological polar surface area (TPSA) is 64.2 Å². The minimum Gasteiger partial charge on any atom is -0.384 e. The summed E-state index contributed by atoms with van der Waals surface area (Å²) in [6.07, 6.45) is 25.8. The van der Waals surface area contributed by atoms with Gasteiger partial charge in [0.1, 0.15) is 0 Å². The first-order valence-corrected chi connectivity index (χ1v) is 16.2. The van der Waals surface area contributed by atoms with Crippen LogP contribution in [0.3, 0.4) is 0 Å². The summed E-state index contributed by atoms with van der Waals surface area (Å²) in [7, 11) is 0. The number of aliphatic hydroxyl groups is 1. The van der Waals surface area contributed by atoms with Crippen molar-refractivity contribution in [1.29, 1.82) is 0 Å². The van der Waals surface area contributed by atoms with Gasteiger partial charge in [-0.2, -0.15) is 0 Å². The number of aromatic amines is 1. The van der Waals surface area contributed by atoms with Crippen molar-refractivity contribution in [3.63, 3.8) is 0 Å². The summed E-state index contributed by atoms with van der Waals surface area (Å²) in [5.74, 6) is 0.343. The van der Waals surface area contributed by atoms with E-state index in [2.05, 4.69) is 75.9 Å². The molecule has 3 aromatic rings. The van der Waals surface area contributed by atoms with E-state index in [-0.39, 0.29) is 11.5 Å². The first-order chi connectivity index (χ1) is 20.2. The predicted octanol–water partition coefficient (Wildman–Crippen LogP) is 7.15. The van der Waals surface area contributed by atoms with E-state index in [1.165, 1.54) is 35.6 Å². The third kappa shape index (κ3) is 5.00. The number of benzene rings is 1. The van der Waals surface area contributed by atoms with Crippen molar-refractivity contribution in [2.45, 2.75) is 82.3 Å². The van der Waals surface area contributed by atoms with Crippen molar-refractivity contribution in [3.05, 3.63) is 72.6 Å². The fourth-order valence-electron chi connectivity index (χ4n) is 8.69. The number of piperidine rings is 1. The van der Waals surface area contributed by atoms with Gasteiger partial charge in [0, 0.05) is 40.5 Å². The molecule has 1 unspecified atom stereocenters. The molecule has 41 heavy (non-hydrogen) atoms. The summed E-state index contributed by atoms with van der Waals surface area (Å²) in [6, 6.07) is 10.7. The smallest absolute Gasteiger partial charge is 0.0995 e. The zero-order valence-corrected chi connectivity index (χ0v) is 24.5. The van der Waals surface area contributed by atoms with E-state index in [1.54, 1.807) is 0 Å². The number of hydrogen-bond donors (Lipinski definition) is 3. The largest absolute Gasteiger partial charge is 0.384 e. The second-order valence-corrected chi connectivity index (χ2v) is 13.1. The Balaban J connectivity index is 1.44. The van der Waals surface area contributed by atoms with Gasteiger partial charge < -0.3 is 20.3 Å². The Morgan fingerprint density at radius 3 is 2.56 bits per heavy atom. The van der Waals surface area contributed by atoms with Crippen LogP contribution in [0.4, 0.5) is 0 Å². The van der Waals surface area contributed by atoms with E-state index >= 15 is 0 Å². The SMILES string of the molecule is O[C@]12C=C(c3nccc4c3[nH]c3ccccc34)[C@@H]3CCN(CCCCC=CCC1)C[C@@]31CCC=CCCCCN[C@H]12. The Bertz CT molecular complexity index is 1470. The van der Waals surface area contributed by atoms with Crippen LogP contribution >= 0.6 is 0 Å². The van der Waals surface area contributed by atoms with Gasteiger partial charge in [0.2, 0.25) is 0 Å². The van der Waals surface area contributed by atoms with Gasteiger partial charge in [0.15, 0.2) is 0 Å². The molecule has 1 saturated heterocycles. The van der Waals surface area contributed by atoms with Gasteiger partial charge in [0.05, 0.1) is 16.8 Å². The van der Waals surface area contributed by atoms with Gasteiger partial charge in [-0.15, -0.1) is 0 Å². The molecule has 0 saturated carbocycles. The zero-order chi connectivity index (χ0) is 27.7. The van der Waals surface area contributed by atoms with Crippen LogP contribution in [0.2, 0.25) is 0 Å². The monoisotopic (exact) mass is 550 g/mol. The minimum absolute atomic E-state index is 0.0223. The highest BCUT2D eigenvalue weighted by molar-refractivity contribution is 6.09. The van der Waals surface area contributed by atoms with Gasteiger partial charge in [-0.25, -0.2) is 0 Å². The molecule has 0 amide bonds. The first kappa shape index (κ1) is 27.1. The van der Waals surface area contributed by atoms with Crippen LogP contribution in [-0.4, -0.2) is 57.8 Å². The number of allylic oxidation sites excluding steroid dienone is 5. The van der Waals surface area contributed by atoms with E-state index in [1.807, 2.05) is 6.20 Å². The van der Waals surface area contributed by atoms with Gasteiger partial charge in [0.25, 0.3) is 0 Å². The first-order valence-electron chi connectivity index (χ1n) is 16.2. The zero-order valence-electron chi connectivity index (χ0n) is 24.5. The average molecular weight is 551 g/mol. The lowest BCUT2D eigenvalue weighted by Gasteiger charge is -2.60. The molecule has 0 radical (unpaired) electrons. The lowest BCUT2D eigenvalue weighted by molar-refractivity contribution is -0.0798. The van der Waals surface area contributed by atoms with Crippen LogP contribution in [-0.2, 0) is 0 Å². The molecule has 5 heterocycles. The van der Waals surface area contributed by atoms with Gasteiger partial charge >= 0.3 is 0 Å². The summed E-state index contributed by atoms with van der Waals surface area (Å²) in [5, 5.41) is 19.4. The molecule has 7 rings (SSSR count). The summed E-state index contributed by atoms with van der Waals surface area (Å²) >= 11 is 0. The van der Waals surface area contributed by atoms with E-state index < -0.39 is 5.60 Å². The van der Waals surface area contributed by atoms with E-state index in [0.717, 1.165) is 94.3 Å². The number of pyridine rings is 1. The normalized spacial score (nSPS) is 33.3. The van der Waals surface area contributed by atoms with Crippen molar-refractivity contribution < 1.29 is 5.11 Å². The van der Waals surface area contributed by atoms with Crippen LogP contribution < -0.4 is 5.32 Å². The Hall–Kier alpha value is -2.73. The maximum atomic E-state index is 12.9. The highest BCUT2D eigenvalue weighted by Gasteiger charge is 2.58. The number of para-hydroxylation sites is 1. The molecule has 3 aliphatic heterocycles. The fourth-order valence-corrected chi connectivity index (χ4v) is 8.69. The molecule has 4 aliphatic rings. The number of rotatable bonds is 1. The Labute approximate surface area is 244 Å². The third-order valence-corrected chi connectivity index (χ3v) is 10.6. The fraction of sp³-hybridized carbons (Fsp3) is 0.528. The number of hydrogen-bond acceptors (Lipinski definition) is 4. The average Bonchev–Trinajstić information content (AvgIpc) is 3.35. The van der Waals surface area contributed by atoms with Crippen molar-refractivity contribution >= 4 is 27.4 Å². The molecule has 1 aliphatic carbocycles. The van der Waals surface area contributed by atoms with Gasteiger partial charge in [-0.1, -0.05) is 42.5 Å². The second kappa shape index (κ2) is 11.5. The Kier molecular flexibility index (Phi) is 7.61. The van der Waals surface area contributed by atoms with Crippen molar-refractivity contribution in [2.24, 2.45) is 11.3 Å². The summed E-state index contributed by atoms with van der Waals surface area (Å²) in [6.45, 7) is 4.27. The lowest BCUT2D eigenvalue weighted by Crippen LogP contribution is -2.68. The maximum Gasteiger partial charge on any atom is 0.0995 e. The number of aromatic nitrogens is 2. The molecule has 5 nitrogen and oxygen atoms in total. The summed E-state index contributed by atoms with van der Waals surface area (Å²) in [5.41, 5.74) is 3.55. The molecule has 1 fully saturated rings. The summed E-state index contributed by atoms with van der Waals surface area (Å²) in [4.78, 5) is 11.6. The standard InChI is InChI=1S/C36H46N4O/c41-36-20-12-6-2-4-8-14-23-40-24-18-30(35(26-40)19-11-5-1-3-7-13-21-38-34(35)36)29(25-36)32-33-28(17-22-37-32)27-15-9-10-16-31(27)39-33/h1-2,5-6,9-10,15-17,22,25,30,34,38-39,41H,3-4,7-8,11-14,18-21,23-24,26H2/t30-,34+,35-,36-/m0/s1. The van der Waals surface area contributed by atoms with Gasteiger partial charge in [-0.3, -0.25) is 4.98 Å². The van der Waals surface area contributed by atoms with Crippen molar-refractivity contribution in [1.82, 2.24) is 20.2 Å². The molecule has 5 atom stereocenters. The number of H-pyrrole nitrogens is 1. The predicted molar refractivity (Wildman–Crippen MR) is 170 cm³/mol. The summed E-state index contributed by atoms with van der Waals surface area (Å²) < 4.78 is 0. The maximum absolute atomic E-state index is 12.9. The molecule has 216 valence electrons. The van der Waals surface area contributed by atoms with Crippen LogP contribution in [0.15, 0.2) is 66.9 Å².